The van der Waals surface area contributed by atoms with Crippen molar-refractivity contribution in [3.8, 4) is 0 Å². The first-order chi connectivity index (χ1) is 16.1. The molecule has 0 aromatic rings. The van der Waals surface area contributed by atoms with E-state index in [1.807, 2.05) is 54.7 Å². The van der Waals surface area contributed by atoms with Crippen LogP contribution in [0.1, 0.15) is 51.4 Å². The Morgan fingerprint density at radius 2 is 1.85 bits per heavy atom. The summed E-state index contributed by atoms with van der Waals surface area (Å²) in [4.78, 5) is 24.5. The summed E-state index contributed by atoms with van der Waals surface area (Å²) in [7, 11) is 0. The summed E-state index contributed by atoms with van der Waals surface area (Å²) in [6.07, 6.45) is 30.5. The van der Waals surface area contributed by atoms with Crippen LogP contribution in [0.25, 0.3) is 0 Å². The zero-order valence-corrected chi connectivity index (χ0v) is 19.0. The molecule has 0 radical (unpaired) electrons. The van der Waals surface area contributed by atoms with Crippen molar-refractivity contribution in [1.82, 2.24) is 10.6 Å². The smallest absolute Gasteiger partial charge is 0.228 e. The third kappa shape index (κ3) is 7.35. The van der Waals surface area contributed by atoms with E-state index in [0.717, 1.165) is 42.7 Å². The zero-order chi connectivity index (χ0) is 22.9. The fourth-order valence-corrected chi connectivity index (χ4v) is 4.20. The van der Waals surface area contributed by atoms with Crippen molar-refractivity contribution < 1.29 is 14.3 Å². The molecule has 0 aromatic carbocycles. The fourth-order valence-electron chi connectivity index (χ4n) is 4.20. The van der Waals surface area contributed by atoms with Gasteiger partial charge in [0.05, 0.1) is 12.5 Å². The first kappa shape index (κ1) is 22.8. The third-order valence-electron chi connectivity index (χ3n) is 5.97. The monoisotopic (exact) mass is 444 g/mol. The predicted molar refractivity (Wildman–Crippen MR) is 131 cm³/mol. The molecule has 0 spiro atoms. The van der Waals surface area contributed by atoms with Crippen LogP contribution in [0.2, 0.25) is 0 Å². The zero-order valence-electron chi connectivity index (χ0n) is 19.0. The largest absolute Gasteiger partial charge is 0.486 e. The van der Waals surface area contributed by atoms with Crippen LogP contribution in [0.3, 0.4) is 0 Å². The molecule has 0 heterocycles. The van der Waals surface area contributed by atoms with Crippen molar-refractivity contribution in [3.63, 3.8) is 0 Å². The lowest BCUT2D eigenvalue weighted by molar-refractivity contribution is -0.121. The van der Waals surface area contributed by atoms with Gasteiger partial charge in [-0.1, -0.05) is 54.2 Å². The minimum atomic E-state index is -0.0667. The van der Waals surface area contributed by atoms with E-state index in [1.54, 1.807) is 0 Å². The molecule has 0 aromatic heterocycles. The van der Waals surface area contributed by atoms with E-state index in [2.05, 4.69) is 28.9 Å². The van der Waals surface area contributed by atoms with Gasteiger partial charge in [0, 0.05) is 18.5 Å². The number of hydrogen-bond acceptors (Lipinski definition) is 3. The number of carbonyl (C=O) groups excluding carboxylic acids is 2. The Labute approximate surface area is 196 Å². The number of nitrogens with one attached hydrogen (secondary N) is 2. The van der Waals surface area contributed by atoms with E-state index in [-0.39, 0.29) is 24.0 Å². The van der Waals surface area contributed by atoms with Crippen LogP contribution in [0, 0.1) is 0 Å². The summed E-state index contributed by atoms with van der Waals surface area (Å²) in [6, 6.07) is 0.00214. The Morgan fingerprint density at radius 3 is 2.55 bits per heavy atom. The Kier molecular flexibility index (Phi) is 7.96. The lowest BCUT2D eigenvalue weighted by Crippen LogP contribution is -2.34. The van der Waals surface area contributed by atoms with Crippen molar-refractivity contribution in [2.24, 2.45) is 0 Å². The molecule has 2 atom stereocenters. The Bertz CT molecular complexity index is 1000. The molecule has 5 heteroatoms. The van der Waals surface area contributed by atoms with Crippen LogP contribution >= 0.6 is 0 Å². The molecule has 0 saturated carbocycles. The van der Waals surface area contributed by atoms with Gasteiger partial charge in [0.1, 0.15) is 11.9 Å². The standard InChI is InChI=1S/C28H32N2O3/c31-27(19-21-7-3-1-4-8-21)29-23-11-15-25(16-12-23)33-26-17-13-24(14-18-26)30-28(32)20-22-9-5-2-6-10-22/h1,3,5,7,9-11,13-17,23,26H,2,4,6,8,12,18-20H2,(H,29,31)(H,30,32). The summed E-state index contributed by atoms with van der Waals surface area (Å²) < 4.78 is 6.06. The summed E-state index contributed by atoms with van der Waals surface area (Å²) in [6.45, 7) is 0. The van der Waals surface area contributed by atoms with Crippen molar-refractivity contribution in [1.29, 1.82) is 0 Å². The quantitative estimate of drug-likeness (QED) is 0.554. The van der Waals surface area contributed by atoms with Crippen LogP contribution in [0.5, 0.6) is 0 Å². The van der Waals surface area contributed by atoms with Gasteiger partial charge in [0.25, 0.3) is 0 Å². The highest BCUT2D eigenvalue weighted by Crippen LogP contribution is 2.20. The molecule has 2 unspecified atom stereocenters. The van der Waals surface area contributed by atoms with Gasteiger partial charge in [-0.05, 0) is 62.0 Å². The highest BCUT2D eigenvalue weighted by molar-refractivity contribution is 5.81. The molecule has 172 valence electrons. The maximum absolute atomic E-state index is 12.3. The van der Waals surface area contributed by atoms with Gasteiger partial charge in [-0.25, -0.2) is 0 Å². The van der Waals surface area contributed by atoms with E-state index in [1.165, 1.54) is 5.57 Å². The average molecular weight is 445 g/mol. The van der Waals surface area contributed by atoms with E-state index >= 15 is 0 Å². The molecule has 0 aliphatic heterocycles. The van der Waals surface area contributed by atoms with E-state index in [0.29, 0.717) is 25.7 Å². The minimum Gasteiger partial charge on any atom is -0.486 e. The molecule has 2 N–H and O–H groups in total. The van der Waals surface area contributed by atoms with Crippen molar-refractivity contribution in [2.75, 3.05) is 0 Å². The van der Waals surface area contributed by atoms with Gasteiger partial charge in [-0.15, -0.1) is 0 Å². The normalized spacial score (nSPS) is 23.8. The van der Waals surface area contributed by atoms with Crippen LogP contribution in [0.4, 0.5) is 0 Å². The lowest BCUT2D eigenvalue weighted by atomic mass is 10.0. The van der Waals surface area contributed by atoms with Gasteiger partial charge in [0.2, 0.25) is 11.8 Å². The number of ether oxygens (including phenoxy) is 1. The van der Waals surface area contributed by atoms with Gasteiger partial charge in [-0.2, -0.15) is 0 Å². The van der Waals surface area contributed by atoms with Gasteiger partial charge >= 0.3 is 0 Å². The van der Waals surface area contributed by atoms with Crippen LogP contribution in [-0.4, -0.2) is 24.0 Å². The molecule has 4 aliphatic rings. The SMILES string of the molecule is O=C(CC1=CCCC=C1)NC1=CCC(OC2=CCC(NC(=O)CC3=CC=CCC3)C=C2)C=C1. The first-order valence-corrected chi connectivity index (χ1v) is 11.9. The molecule has 2 amide bonds. The third-order valence-corrected chi connectivity index (χ3v) is 5.97. The number of allylic oxidation sites excluding steroid dienone is 8. The topological polar surface area (TPSA) is 67.4 Å². The second-order valence-electron chi connectivity index (χ2n) is 8.74. The molecule has 0 saturated heterocycles. The molecular formula is C28H32N2O3. The van der Waals surface area contributed by atoms with E-state index < -0.39 is 0 Å². The summed E-state index contributed by atoms with van der Waals surface area (Å²) >= 11 is 0. The number of carbonyl (C=O) groups is 2. The first-order valence-electron chi connectivity index (χ1n) is 11.9. The van der Waals surface area contributed by atoms with Gasteiger partial charge in [-0.3, -0.25) is 9.59 Å². The highest BCUT2D eigenvalue weighted by Gasteiger charge is 2.17. The maximum Gasteiger partial charge on any atom is 0.228 e. The molecular weight excluding hydrogens is 412 g/mol. The summed E-state index contributed by atoms with van der Waals surface area (Å²) in [5.74, 6) is 0.882. The lowest BCUT2D eigenvalue weighted by Gasteiger charge is -2.23. The molecule has 0 fully saturated rings. The highest BCUT2D eigenvalue weighted by atomic mass is 16.5. The van der Waals surface area contributed by atoms with Crippen LogP contribution < -0.4 is 10.6 Å². The number of amides is 2. The molecule has 4 aliphatic carbocycles. The maximum atomic E-state index is 12.3. The van der Waals surface area contributed by atoms with E-state index in [9.17, 15) is 9.59 Å². The average Bonchev–Trinajstić information content (AvgIpc) is 2.83. The predicted octanol–water partition coefficient (Wildman–Crippen LogP) is 4.99. The summed E-state index contributed by atoms with van der Waals surface area (Å²) in [5, 5.41) is 6.05. The van der Waals surface area contributed by atoms with Crippen molar-refractivity contribution in [3.05, 3.63) is 95.5 Å². The summed E-state index contributed by atoms with van der Waals surface area (Å²) in [5.41, 5.74) is 3.08. The molecule has 33 heavy (non-hydrogen) atoms. The molecule has 4 rings (SSSR count). The van der Waals surface area contributed by atoms with Crippen LogP contribution in [-0.2, 0) is 14.3 Å². The fraction of sp³-hybridized carbons (Fsp3) is 0.357. The second kappa shape index (κ2) is 11.5. The van der Waals surface area contributed by atoms with Crippen molar-refractivity contribution in [2.45, 2.75) is 63.5 Å². The minimum absolute atomic E-state index is 0.00214. The Hall–Kier alpha value is -3.34. The second-order valence-corrected chi connectivity index (χ2v) is 8.74. The van der Waals surface area contributed by atoms with Gasteiger partial charge < -0.3 is 15.4 Å². The van der Waals surface area contributed by atoms with Gasteiger partial charge in [0.15, 0.2) is 0 Å². The molecule has 5 nitrogen and oxygen atoms in total. The van der Waals surface area contributed by atoms with E-state index in [4.69, 9.17) is 4.74 Å². The Balaban J connectivity index is 1.16. The van der Waals surface area contributed by atoms with Crippen molar-refractivity contribution >= 4 is 11.8 Å². The number of hydrogen-bond donors (Lipinski definition) is 2. The number of rotatable bonds is 8. The Morgan fingerprint density at radius 1 is 0.909 bits per heavy atom. The molecule has 0 bridgehead atoms. The van der Waals surface area contributed by atoms with Crippen LogP contribution in [0.15, 0.2) is 95.5 Å².